The van der Waals surface area contributed by atoms with E-state index in [0.29, 0.717) is 23.2 Å². The Kier molecular flexibility index (Phi) is 5.97. The Balaban J connectivity index is 1.77. The number of hydrogen-bond acceptors (Lipinski definition) is 6. The van der Waals surface area contributed by atoms with Gasteiger partial charge in [0, 0.05) is 6.20 Å². The molecule has 8 nitrogen and oxygen atoms in total. The molecule has 0 saturated heterocycles. The van der Waals surface area contributed by atoms with Gasteiger partial charge in [0.25, 0.3) is 5.56 Å². The average molecular weight is 447 g/mol. The van der Waals surface area contributed by atoms with E-state index in [1.807, 2.05) is 0 Å². The van der Waals surface area contributed by atoms with Gasteiger partial charge in [-0.15, -0.1) is 0 Å². The maximum Gasteiger partial charge on any atom is 0.333 e. The van der Waals surface area contributed by atoms with E-state index in [-0.39, 0.29) is 35.5 Å². The summed E-state index contributed by atoms with van der Waals surface area (Å²) in [4.78, 5) is 30.0. The number of aromatic nitrogens is 4. The number of aryl methyl sites for hydroxylation is 1. The third-order valence-corrected chi connectivity index (χ3v) is 5.16. The minimum Gasteiger partial charge on any atom is -0.465 e. The summed E-state index contributed by atoms with van der Waals surface area (Å²) in [5, 5.41) is 6.74. The first kappa shape index (κ1) is 21.6. The Labute approximate surface area is 180 Å². The average Bonchev–Trinajstić information content (AvgIpc) is 3.27. The molecule has 3 heterocycles. The van der Waals surface area contributed by atoms with Crippen molar-refractivity contribution in [3.63, 3.8) is 0 Å². The molecule has 32 heavy (non-hydrogen) atoms. The van der Waals surface area contributed by atoms with Crippen LogP contribution in [0.25, 0.3) is 11.4 Å². The number of fused-ring (bicyclic) bond motifs is 1. The number of nitrogens with zero attached hydrogens (tertiary/aromatic N) is 4. The second-order valence-electron chi connectivity index (χ2n) is 7.23. The zero-order valence-electron chi connectivity index (χ0n) is 17.1. The lowest BCUT2D eigenvalue weighted by atomic mass is 9.96. The largest absolute Gasteiger partial charge is 0.465 e. The lowest BCUT2D eigenvalue weighted by Gasteiger charge is -2.27. The van der Waals surface area contributed by atoms with Crippen molar-refractivity contribution < 1.29 is 22.7 Å². The minimum absolute atomic E-state index is 0.0516. The first-order chi connectivity index (χ1) is 15.4. The number of nitrogens with one attached hydrogen (secondary N) is 1. The molecule has 0 bridgehead atoms. The monoisotopic (exact) mass is 447 g/mol. The first-order valence-corrected chi connectivity index (χ1v) is 10.0. The van der Waals surface area contributed by atoms with E-state index in [2.05, 4.69) is 15.4 Å². The molecule has 0 fully saturated rings. The van der Waals surface area contributed by atoms with Gasteiger partial charge in [0.05, 0.1) is 30.1 Å². The van der Waals surface area contributed by atoms with Gasteiger partial charge < -0.3 is 10.1 Å². The number of ether oxygens (including phenoxy) is 1. The number of halogens is 3. The summed E-state index contributed by atoms with van der Waals surface area (Å²) >= 11 is 0. The van der Waals surface area contributed by atoms with Crippen molar-refractivity contribution in [2.24, 2.45) is 0 Å². The summed E-state index contributed by atoms with van der Waals surface area (Å²) in [7, 11) is 0. The fourth-order valence-electron chi connectivity index (χ4n) is 3.66. The third kappa shape index (κ3) is 4.23. The van der Waals surface area contributed by atoms with Gasteiger partial charge in [-0.2, -0.15) is 13.9 Å². The molecule has 1 aliphatic heterocycles. The van der Waals surface area contributed by atoms with Crippen LogP contribution in [-0.2, 0) is 22.5 Å². The summed E-state index contributed by atoms with van der Waals surface area (Å²) in [6, 6.07) is 5.70. The van der Waals surface area contributed by atoms with E-state index >= 15 is 0 Å². The smallest absolute Gasteiger partial charge is 0.333 e. The van der Waals surface area contributed by atoms with Crippen LogP contribution >= 0.6 is 0 Å². The molecule has 11 heteroatoms. The summed E-state index contributed by atoms with van der Waals surface area (Å²) in [6.07, 6.45) is 3.25. The molecule has 0 radical (unpaired) electrons. The summed E-state index contributed by atoms with van der Waals surface area (Å²) in [6.45, 7) is -1.54. The van der Waals surface area contributed by atoms with Gasteiger partial charge in [0.15, 0.2) is 0 Å². The van der Waals surface area contributed by atoms with Crippen molar-refractivity contribution in [2.45, 2.75) is 38.9 Å². The highest BCUT2D eigenvalue weighted by molar-refractivity contribution is 5.71. The normalized spacial score (nSPS) is 15.3. The van der Waals surface area contributed by atoms with Crippen LogP contribution in [0.3, 0.4) is 0 Å². The number of alkyl halides is 2. The van der Waals surface area contributed by atoms with Crippen LogP contribution in [0, 0.1) is 5.82 Å². The molecule has 0 amide bonds. The number of benzene rings is 1. The molecule has 0 aliphatic carbocycles. The van der Waals surface area contributed by atoms with Gasteiger partial charge in [-0.25, -0.2) is 14.1 Å². The summed E-state index contributed by atoms with van der Waals surface area (Å²) < 4.78 is 45.7. The lowest BCUT2D eigenvalue weighted by molar-refractivity contribution is -0.143. The van der Waals surface area contributed by atoms with Crippen LogP contribution in [-0.4, -0.2) is 31.9 Å². The zero-order chi connectivity index (χ0) is 22.8. The highest BCUT2D eigenvalue weighted by Gasteiger charge is 2.27. The zero-order valence-corrected chi connectivity index (χ0v) is 17.1. The predicted octanol–water partition coefficient (Wildman–Crippen LogP) is 3.30. The minimum atomic E-state index is -2.86. The van der Waals surface area contributed by atoms with E-state index in [1.165, 1.54) is 18.3 Å². The summed E-state index contributed by atoms with van der Waals surface area (Å²) in [5.74, 6) is -0.974. The number of hydrogen-bond donors (Lipinski definition) is 1. The van der Waals surface area contributed by atoms with Gasteiger partial charge in [-0.05, 0) is 37.5 Å². The molecule has 2 aromatic heterocycles. The van der Waals surface area contributed by atoms with Crippen LogP contribution in [0.5, 0.6) is 0 Å². The topological polar surface area (TPSA) is 91.0 Å². The van der Waals surface area contributed by atoms with Crippen LogP contribution in [0.4, 0.5) is 18.9 Å². The maximum absolute atomic E-state index is 13.3. The van der Waals surface area contributed by atoms with Crippen molar-refractivity contribution in [1.29, 1.82) is 0 Å². The van der Waals surface area contributed by atoms with Crippen LogP contribution < -0.4 is 10.9 Å². The Bertz CT molecular complexity index is 1190. The number of rotatable bonds is 6. The molecular weight excluding hydrogens is 427 g/mol. The van der Waals surface area contributed by atoms with Crippen molar-refractivity contribution in [1.82, 2.24) is 19.3 Å². The standard InChI is InChI=1S/C21H20F3N5O3/c1-2-32-17(30)11-28-19(13-9-25-29(10-13)21(23)24)27-16-8-7-15(26-18(16)20(28)31)12-3-5-14(22)6-4-12/h3-6,9-10,15,21,26H,2,7-8,11H2,1H3/t15-/m1/s1. The second kappa shape index (κ2) is 8.85. The molecule has 1 N–H and O–H groups in total. The molecule has 0 unspecified atom stereocenters. The van der Waals surface area contributed by atoms with Gasteiger partial charge in [0.2, 0.25) is 0 Å². The quantitative estimate of drug-likeness (QED) is 0.583. The Morgan fingerprint density at radius 2 is 2.06 bits per heavy atom. The number of anilines is 1. The Hall–Kier alpha value is -3.63. The van der Waals surface area contributed by atoms with Gasteiger partial charge in [-0.3, -0.25) is 14.2 Å². The lowest BCUT2D eigenvalue weighted by Crippen LogP contribution is -2.34. The molecule has 4 rings (SSSR count). The molecular formula is C21H20F3N5O3. The van der Waals surface area contributed by atoms with Crippen molar-refractivity contribution >= 4 is 11.7 Å². The van der Waals surface area contributed by atoms with Crippen LogP contribution in [0.2, 0.25) is 0 Å². The van der Waals surface area contributed by atoms with E-state index in [4.69, 9.17) is 4.74 Å². The van der Waals surface area contributed by atoms with E-state index in [1.54, 1.807) is 19.1 Å². The second-order valence-corrected chi connectivity index (χ2v) is 7.23. The fraction of sp³-hybridized carbons (Fsp3) is 0.333. The fourth-order valence-corrected chi connectivity index (χ4v) is 3.66. The molecule has 0 saturated carbocycles. The summed E-state index contributed by atoms with van der Waals surface area (Å²) in [5.41, 5.74) is 1.11. The third-order valence-electron chi connectivity index (χ3n) is 5.16. The van der Waals surface area contributed by atoms with Gasteiger partial charge in [-0.1, -0.05) is 12.1 Å². The number of carbonyl (C=O) groups is 1. The Morgan fingerprint density at radius 3 is 2.72 bits per heavy atom. The maximum atomic E-state index is 13.3. The van der Waals surface area contributed by atoms with Crippen LogP contribution in [0.1, 0.15) is 37.2 Å². The SMILES string of the molecule is CCOC(=O)Cn1c(-c2cnn(C(F)F)c2)nc2c(c1=O)N[C@@H](c1ccc(F)cc1)CC2. The molecule has 168 valence electrons. The highest BCUT2D eigenvalue weighted by atomic mass is 19.3. The molecule has 3 aromatic rings. The van der Waals surface area contributed by atoms with Gasteiger partial charge in [0.1, 0.15) is 23.9 Å². The van der Waals surface area contributed by atoms with E-state index in [0.717, 1.165) is 16.3 Å². The first-order valence-electron chi connectivity index (χ1n) is 10.0. The van der Waals surface area contributed by atoms with E-state index < -0.39 is 24.6 Å². The molecule has 1 atom stereocenters. The highest BCUT2D eigenvalue weighted by Crippen LogP contribution is 2.31. The van der Waals surface area contributed by atoms with Crippen molar-refractivity contribution in [3.8, 4) is 11.4 Å². The van der Waals surface area contributed by atoms with Crippen LogP contribution in [0.15, 0.2) is 41.5 Å². The van der Waals surface area contributed by atoms with Gasteiger partial charge >= 0.3 is 12.5 Å². The number of carbonyl (C=O) groups excluding carboxylic acids is 1. The molecule has 0 spiro atoms. The Morgan fingerprint density at radius 1 is 1.31 bits per heavy atom. The number of esters is 1. The molecule has 1 aromatic carbocycles. The van der Waals surface area contributed by atoms with Crippen molar-refractivity contribution in [3.05, 3.63) is 64.1 Å². The van der Waals surface area contributed by atoms with Crippen molar-refractivity contribution in [2.75, 3.05) is 11.9 Å². The predicted molar refractivity (Wildman–Crippen MR) is 109 cm³/mol. The molecule has 1 aliphatic rings. The van der Waals surface area contributed by atoms with E-state index in [9.17, 15) is 22.8 Å².